The van der Waals surface area contributed by atoms with Gasteiger partial charge < -0.3 is 10.2 Å². The molecular weight excluding hydrogens is 198 g/mol. The molecule has 2 rings (SSSR count). The van der Waals surface area contributed by atoms with E-state index in [0.717, 1.165) is 18.0 Å². The average molecular weight is 225 g/mol. The third-order valence-electron chi connectivity index (χ3n) is 4.27. The molecule has 1 heterocycles. The van der Waals surface area contributed by atoms with E-state index < -0.39 is 0 Å². The lowest BCUT2D eigenvalue weighted by atomic mass is 9.78. The largest absolute Gasteiger partial charge is 0.319 e. The first-order valence-corrected chi connectivity index (χ1v) is 6.77. The van der Waals surface area contributed by atoms with Crippen LogP contribution in [0.25, 0.3) is 0 Å². The Bertz CT molecular complexity index is 217. The Balaban J connectivity index is 1.87. The SMILES string of the molecule is CNCC1CCC1N1CCCC1CN(C)C. The fourth-order valence-electron chi connectivity index (χ4n) is 3.40. The molecular formula is C13H27N3. The second-order valence-corrected chi connectivity index (χ2v) is 5.76. The molecule has 1 aliphatic carbocycles. The zero-order valence-corrected chi connectivity index (χ0v) is 11.1. The Hall–Kier alpha value is -0.120. The molecule has 16 heavy (non-hydrogen) atoms. The minimum Gasteiger partial charge on any atom is -0.319 e. The van der Waals surface area contributed by atoms with Gasteiger partial charge >= 0.3 is 0 Å². The topological polar surface area (TPSA) is 18.5 Å². The third kappa shape index (κ3) is 2.58. The first-order chi connectivity index (χ1) is 7.72. The lowest BCUT2D eigenvalue weighted by Gasteiger charge is -2.45. The van der Waals surface area contributed by atoms with Crippen molar-refractivity contribution in [3.05, 3.63) is 0 Å². The lowest BCUT2D eigenvalue weighted by molar-refractivity contribution is 0.0446. The smallest absolute Gasteiger partial charge is 0.0226 e. The summed E-state index contributed by atoms with van der Waals surface area (Å²) in [5.74, 6) is 0.910. The predicted octanol–water partition coefficient (Wildman–Crippen LogP) is 1.01. The maximum atomic E-state index is 3.34. The van der Waals surface area contributed by atoms with Crippen LogP contribution in [0.3, 0.4) is 0 Å². The highest BCUT2D eigenvalue weighted by molar-refractivity contribution is 4.95. The summed E-state index contributed by atoms with van der Waals surface area (Å²) in [6, 6.07) is 1.69. The van der Waals surface area contributed by atoms with Crippen LogP contribution in [0.2, 0.25) is 0 Å². The van der Waals surface area contributed by atoms with E-state index in [1.54, 1.807) is 0 Å². The molecule has 1 N–H and O–H groups in total. The molecule has 1 saturated heterocycles. The number of nitrogens with one attached hydrogen (secondary N) is 1. The maximum absolute atomic E-state index is 3.34. The van der Waals surface area contributed by atoms with E-state index in [2.05, 4.69) is 36.3 Å². The predicted molar refractivity (Wildman–Crippen MR) is 68.7 cm³/mol. The first-order valence-electron chi connectivity index (χ1n) is 6.77. The molecule has 3 heteroatoms. The monoisotopic (exact) mass is 225 g/mol. The van der Waals surface area contributed by atoms with Crippen LogP contribution in [0.1, 0.15) is 25.7 Å². The van der Waals surface area contributed by atoms with Crippen LogP contribution < -0.4 is 5.32 Å². The van der Waals surface area contributed by atoms with E-state index in [4.69, 9.17) is 0 Å². The van der Waals surface area contributed by atoms with Gasteiger partial charge in [-0.2, -0.15) is 0 Å². The van der Waals surface area contributed by atoms with Gasteiger partial charge in [0.2, 0.25) is 0 Å². The van der Waals surface area contributed by atoms with Crippen molar-refractivity contribution < 1.29 is 0 Å². The molecule has 3 unspecified atom stereocenters. The van der Waals surface area contributed by atoms with E-state index >= 15 is 0 Å². The summed E-state index contributed by atoms with van der Waals surface area (Å²) in [5.41, 5.74) is 0. The Labute approximate surface area is 100 Å². The fraction of sp³-hybridized carbons (Fsp3) is 1.00. The van der Waals surface area contributed by atoms with E-state index in [1.165, 1.54) is 45.3 Å². The van der Waals surface area contributed by atoms with Gasteiger partial charge in [0.1, 0.15) is 0 Å². The van der Waals surface area contributed by atoms with Crippen LogP contribution in [0.4, 0.5) is 0 Å². The van der Waals surface area contributed by atoms with Crippen molar-refractivity contribution in [3.63, 3.8) is 0 Å². The molecule has 0 spiro atoms. The standard InChI is InChI=1S/C13H27N3/c1-14-9-11-6-7-13(11)16-8-4-5-12(16)10-15(2)3/h11-14H,4-10H2,1-3H3. The van der Waals surface area contributed by atoms with Crippen LogP contribution in [-0.4, -0.2) is 62.7 Å². The van der Waals surface area contributed by atoms with E-state index in [0.29, 0.717) is 0 Å². The van der Waals surface area contributed by atoms with Crippen LogP contribution in [-0.2, 0) is 0 Å². The minimum absolute atomic E-state index is 0.819. The van der Waals surface area contributed by atoms with Crippen LogP contribution >= 0.6 is 0 Å². The zero-order valence-electron chi connectivity index (χ0n) is 11.1. The highest BCUT2D eigenvalue weighted by atomic mass is 15.3. The molecule has 0 aromatic heterocycles. The molecule has 3 nitrogen and oxygen atoms in total. The van der Waals surface area contributed by atoms with E-state index in [1.807, 2.05) is 0 Å². The zero-order chi connectivity index (χ0) is 11.5. The molecule has 3 atom stereocenters. The quantitative estimate of drug-likeness (QED) is 0.753. The second-order valence-electron chi connectivity index (χ2n) is 5.76. The van der Waals surface area contributed by atoms with Gasteiger partial charge in [-0.15, -0.1) is 0 Å². The Kier molecular flexibility index (Phi) is 4.22. The summed E-state index contributed by atoms with van der Waals surface area (Å²) < 4.78 is 0. The lowest BCUT2D eigenvalue weighted by Crippen LogP contribution is -2.53. The summed E-state index contributed by atoms with van der Waals surface area (Å²) in [7, 11) is 6.47. The number of likely N-dealkylation sites (tertiary alicyclic amines) is 1. The average Bonchev–Trinajstić information content (AvgIpc) is 2.60. The van der Waals surface area contributed by atoms with Gasteiger partial charge in [0.25, 0.3) is 0 Å². The molecule has 0 aromatic rings. The molecule has 0 amide bonds. The van der Waals surface area contributed by atoms with E-state index in [-0.39, 0.29) is 0 Å². The number of hydrogen-bond acceptors (Lipinski definition) is 3. The highest BCUT2D eigenvalue weighted by Crippen LogP contribution is 2.36. The summed E-state index contributed by atoms with van der Waals surface area (Å²) in [5, 5.41) is 3.34. The molecule has 1 saturated carbocycles. The van der Waals surface area contributed by atoms with Crippen molar-refractivity contribution in [1.82, 2.24) is 15.1 Å². The molecule has 0 bridgehead atoms. The highest BCUT2D eigenvalue weighted by Gasteiger charge is 2.39. The van der Waals surface area contributed by atoms with Gasteiger partial charge in [0, 0.05) is 18.6 Å². The Morgan fingerprint density at radius 1 is 1.25 bits per heavy atom. The van der Waals surface area contributed by atoms with Crippen molar-refractivity contribution in [2.75, 3.05) is 40.8 Å². The molecule has 94 valence electrons. The maximum Gasteiger partial charge on any atom is 0.0226 e. The normalized spacial score (nSPS) is 35.6. The van der Waals surface area contributed by atoms with Crippen molar-refractivity contribution in [2.24, 2.45) is 5.92 Å². The molecule has 0 aromatic carbocycles. The van der Waals surface area contributed by atoms with Crippen molar-refractivity contribution in [2.45, 2.75) is 37.8 Å². The number of hydrogen-bond donors (Lipinski definition) is 1. The summed E-state index contributed by atoms with van der Waals surface area (Å²) in [6.45, 7) is 3.78. The van der Waals surface area contributed by atoms with Crippen molar-refractivity contribution in [3.8, 4) is 0 Å². The van der Waals surface area contributed by atoms with Gasteiger partial charge in [-0.05, 0) is 65.8 Å². The number of rotatable bonds is 5. The van der Waals surface area contributed by atoms with Gasteiger partial charge in [-0.3, -0.25) is 4.90 Å². The van der Waals surface area contributed by atoms with Gasteiger partial charge in [0.15, 0.2) is 0 Å². The van der Waals surface area contributed by atoms with Crippen LogP contribution in [0.5, 0.6) is 0 Å². The van der Waals surface area contributed by atoms with Gasteiger partial charge in [-0.1, -0.05) is 0 Å². The second kappa shape index (κ2) is 5.48. The summed E-state index contributed by atoms with van der Waals surface area (Å²) >= 11 is 0. The molecule has 2 aliphatic rings. The summed E-state index contributed by atoms with van der Waals surface area (Å²) in [6.07, 6.45) is 5.66. The third-order valence-corrected chi connectivity index (χ3v) is 4.27. The van der Waals surface area contributed by atoms with Crippen molar-refractivity contribution in [1.29, 1.82) is 0 Å². The van der Waals surface area contributed by atoms with Crippen molar-refractivity contribution >= 4 is 0 Å². The van der Waals surface area contributed by atoms with Crippen LogP contribution in [0.15, 0.2) is 0 Å². The number of nitrogens with zero attached hydrogens (tertiary/aromatic N) is 2. The minimum atomic E-state index is 0.819. The number of likely N-dealkylation sites (N-methyl/N-ethyl adjacent to an activating group) is 1. The Morgan fingerprint density at radius 3 is 2.62 bits per heavy atom. The van der Waals surface area contributed by atoms with Gasteiger partial charge in [0.05, 0.1) is 0 Å². The molecule has 0 radical (unpaired) electrons. The Morgan fingerprint density at radius 2 is 2.06 bits per heavy atom. The first kappa shape index (κ1) is 12.3. The summed E-state index contributed by atoms with van der Waals surface area (Å²) in [4.78, 5) is 5.14. The molecule has 2 fully saturated rings. The van der Waals surface area contributed by atoms with Crippen LogP contribution in [0, 0.1) is 5.92 Å². The van der Waals surface area contributed by atoms with E-state index in [9.17, 15) is 0 Å². The fourth-order valence-corrected chi connectivity index (χ4v) is 3.40. The molecule has 1 aliphatic heterocycles. The van der Waals surface area contributed by atoms with Gasteiger partial charge in [-0.25, -0.2) is 0 Å².